The summed E-state index contributed by atoms with van der Waals surface area (Å²) in [7, 11) is 0. The van der Waals surface area contributed by atoms with Gasteiger partial charge in [0.1, 0.15) is 11.2 Å². The molecule has 2 amide bonds. The van der Waals surface area contributed by atoms with Crippen molar-refractivity contribution < 1.29 is 18.4 Å². The minimum atomic E-state index is -0.466. The van der Waals surface area contributed by atoms with Gasteiger partial charge in [-0.25, -0.2) is 4.79 Å². The molecular formula is C32H32N2O5. The molecule has 3 fully saturated rings. The van der Waals surface area contributed by atoms with Crippen molar-refractivity contribution in [3.63, 3.8) is 0 Å². The lowest BCUT2D eigenvalue weighted by molar-refractivity contribution is -0.148. The van der Waals surface area contributed by atoms with Crippen molar-refractivity contribution in [3.05, 3.63) is 69.8 Å². The zero-order valence-corrected chi connectivity index (χ0v) is 22.4. The number of carbonyl (C=O) groups is 2. The smallest absolute Gasteiger partial charge is 0.340 e. The number of benzene rings is 2. The van der Waals surface area contributed by atoms with Crippen LogP contribution in [-0.4, -0.2) is 47.3 Å². The zero-order chi connectivity index (χ0) is 26.8. The van der Waals surface area contributed by atoms with Gasteiger partial charge >= 0.3 is 5.63 Å². The highest BCUT2D eigenvalue weighted by Gasteiger charge is 2.44. The first kappa shape index (κ1) is 24.2. The SMILES string of the molecule is Cc1c(CC(=O)N2C[C@H]3C[C@@H](C2)[C@@H]2CCCC(=O)N2C3)c(=O)oc2c(C)c3occ(-c4ccccc4)c3cc12. The van der Waals surface area contributed by atoms with Crippen molar-refractivity contribution in [2.45, 2.75) is 52.0 Å². The summed E-state index contributed by atoms with van der Waals surface area (Å²) in [6.45, 7) is 5.84. The van der Waals surface area contributed by atoms with E-state index in [9.17, 15) is 14.4 Å². The Hall–Kier alpha value is -3.87. The second-order valence-corrected chi connectivity index (χ2v) is 11.6. The van der Waals surface area contributed by atoms with Crippen LogP contribution in [0.5, 0.6) is 0 Å². The van der Waals surface area contributed by atoms with E-state index in [0.717, 1.165) is 58.8 Å². The Morgan fingerprint density at radius 3 is 2.64 bits per heavy atom. The van der Waals surface area contributed by atoms with Gasteiger partial charge in [-0.2, -0.15) is 0 Å². The number of carbonyl (C=O) groups excluding carboxylic acids is 2. The first-order valence-electron chi connectivity index (χ1n) is 14.0. The lowest BCUT2D eigenvalue weighted by atomic mass is 9.76. The average Bonchev–Trinajstić information content (AvgIpc) is 3.37. The van der Waals surface area contributed by atoms with Gasteiger partial charge in [-0.05, 0) is 62.1 Å². The highest BCUT2D eigenvalue weighted by Crippen LogP contribution is 2.39. The second-order valence-electron chi connectivity index (χ2n) is 11.6. The number of nitrogens with zero attached hydrogens (tertiary/aromatic N) is 2. The Bertz CT molecular complexity index is 1680. The van der Waals surface area contributed by atoms with E-state index < -0.39 is 5.63 Å². The fourth-order valence-corrected chi connectivity index (χ4v) is 7.32. The molecule has 7 rings (SSSR count). The highest BCUT2D eigenvalue weighted by molar-refractivity contribution is 6.05. The maximum atomic E-state index is 13.6. The van der Waals surface area contributed by atoms with Gasteiger partial charge in [-0.1, -0.05) is 30.3 Å². The molecule has 2 aromatic carbocycles. The number of aryl methyl sites for hydroxylation is 2. The van der Waals surface area contributed by atoms with E-state index in [1.807, 2.05) is 55.1 Å². The fraction of sp³-hybridized carbons (Fsp3) is 0.406. The molecule has 3 aliphatic heterocycles. The Morgan fingerprint density at radius 1 is 1.00 bits per heavy atom. The van der Waals surface area contributed by atoms with Gasteiger partial charge in [0.2, 0.25) is 11.8 Å². The zero-order valence-electron chi connectivity index (χ0n) is 22.4. The molecule has 5 heterocycles. The number of amides is 2. The molecule has 2 aromatic heterocycles. The summed E-state index contributed by atoms with van der Waals surface area (Å²) in [5.41, 5.74) is 4.74. The van der Waals surface area contributed by atoms with Crippen molar-refractivity contribution in [1.82, 2.24) is 9.80 Å². The summed E-state index contributed by atoms with van der Waals surface area (Å²) in [5.74, 6) is 0.838. The lowest BCUT2D eigenvalue weighted by Gasteiger charge is -2.52. The summed E-state index contributed by atoms with van der Waals surface area (Å²) in [6, 6.07) is 12.3. The Kier molecular flexibility index (Phi) is 5.65. The van der Waals surface area contributed by atoms with E-state index in [4.69, 9.17) is 8.83 Å². The van der Waals surface area contributed by atoms with Crippen LogP contribution >= 0.6 is 0 Å². The molecule has 7 nitrogen and oxygen atoms in total. The summed E-state index contributed by atoms with van der Waals surface area (Å²) in [6.07, 6.45) is 5.43. The quantitative estimate of drug-likeness (QED) is 0.343. The molecule has 0 saturated carbocycles. The molecule has 2 bridgehead atoms. The molecule has 0 spiro atoms. The van der Waals surface area contributed by atoms with Crippen LogP contribution in [0.15, 0.2) is 56.3 Å². The van der Waals surface area contributed by atoms with Crippen LogP contribution in [0, 0.1) is 25.7 Å². The molecule has 0 N–H and O–H groups in total. The molecule has 200 valence electrons. The van der Waals surface area contributed by atoms with Crippen LogP contribution in [0.1, 0.15) is 42.4 Å². The van der Waals surface area contributed by atoms with Crippen LogP contribution in [0.2, 0.25) is 0 Å². The van der Waals surface area contributed by atoms with Gasteiger partial charge in [0, 0.05) is 54.0 Å². The maximum Gasteiger partial charge on any atom is 0.340 e. The van der Waals surface area contributed by atoms with Crippen molar-refractivity contribution in [3.8, 4) is 11.1 Å². The van der Waals surface area contributed by atoms with E-state index in [2.05, 4.69) is 4.90 Å². The maximum absolute atomic E-state index is 13.6. The topological polar surface area (TPSA) is 84.0 Å². The molecule has 0 unspecified atom stereocenters. The van der Waals surface area contributed by atoms with Crippen molar-refractivity contribution in [1.29, 1.82) is 0 Å². The van der Waals surface area contributed by atoms with Crippen molar-refractivity contribution in [2.75, 3.05) is 19.6 Å². The average molecular weight is 525 g/mol. The molecule has 7 heteroatoms. The van der Waals surface area contributed by atoms with Gasteiger partial charge in [-0.3, -0.25) is 9.59 Å². The number of likely N-dealkylation sites (tertiary alicyclic amines) is 1. The molecule has 0 aliphatic carbocycles. The van der Waals surface area contributed by atoms with Crippen molar-refractivity contribution in [2.24, 2.45) is 11.8 Å². The molecular weight excluding hydrogens is 492 g/mol. The summed E-state index contributed by atoms with van der Waals surface area (Å²) >= 11 is 0. The third-order valence-electron chi connectivity index (χ3n) is 9.29. The Morgan fingerprint density at radius 2 is 1.82 bits per heavy atom. The van der Waals surface area contributed by atoms with Gasteiger partial charge in [0.25, 0.3) is 0 Å². The normalized spacial score (nSPS) is 22.9. The van der Waals surface area contributed by atoms with Crippen LogP contribution < -0.4 is 5.63 Å². The standard InChI is InChI=1S/C32H32N2O5/c1-18-23-12-25-26(21-7-4-3-5-8-21)17-38-30(25)19(2)31(23)39-32(37)24(18)13-29(36)33-14-20-11-22(16-33)27-9-6-10-28(35)34(27)15-20/h3-5,7-8,12,17,20,22,27H,6,9-11,13-16H2,1-2H3/t20-,22+,27+/m1/s1. The van der Waals surface area contributed by atoms with Crippen LogP contribution in [0.25, 0.3) is 33.1 Å². The Balaban J connectivity index is 1.22. The first-order valence-corrected chi connectivity index (χ1v) is 14.0. The monoisotopic (exact) mass is 524 g/mol. The minimum absolute atomic E-state index is 0.0187. The fourth-order valence-electron chi connectivity index (χ4n) is 7.32. The second kappa shape index (κ2) is 9.11. The molecule has 0 radical (unpaired) electrons. The van der Waals surface area contributed by atoms with Gasteiger partial charge in [0.05, 0.1) is 18.2 Å². The molecule has 3 atom stereocenters. The van der Waals surface area contributed by atoms with E-state index in [1.165, 1.54) is 0 Å². The van der Waals surface area contributed by atoms with E-state index in [1.54, 1.807) is 6.26 Å². The number of rotatable bonds is 3. The number of hydrogen-bond donors (Lipinski definition) is 0. The van der Waals surface area contributed by atoms with Crippen LogP contribution in [0.4, 0.5) is 0 Å². The van der Waals surface area contributed by atoms with Crippen LogP contribution in [0.3, 0.4) is 0 Å². The van der Waals surface area contributed by atoms with Gasteiger partial charge < -0.3 is 18.6 Å². The number of hydrogen-bond acceptors (Lipinski definition) is 5. The van der Waals surface area contributed by atoms with E-state index >= 15 is 0 Å². The Labute approximate surface area is 226 Å². The summed E-state index contributed by atoms with van der Waals surface area (Å²) in [5, 5.41) is 1.78. The van der Waals surface area contributed by atoms with E-state index in [0.29, 0.717) is 48.1 Å². The molecule has 3 saturated heterocycles. The third kappa shape index (κ3) is 3.89. The van der Waals surface area contributed by atoms with Crippen molar-refractivity contribution >= 4 is 33.8 Å². The highest BCUT2D eigenvalue weighted by atomic mass is 16.4. The summed E-state index contributed by atoms with van der Waals surface area (Å²) in [4.78, 5) is 43.3. The number of piperidine rings is 3. The summed E-state index contributed by atoms with van der Waals surface area (Å²) < 4.78 is 11.8. The van der Waals surface area contributed by atoms with E-state index in [-0.39, 0.29) is 24.3 Å². The van der Waals surface area contributed by atoms with Gasteiger partial charge in [-0.15, -0.1) is 0 Å². The third-order valence-corrected chi connectivity index (χ3v) is 9.29. The lowest BCUT2D eigenvalue weighted by Crippen LogP contribution is -2.61. The molecule has 4 aromatic rings. The predicted molar refractivity (Wildman–Crippen MR) is 148 cm³/mol. The minimum Gasteiger partial charge on any atom is -0.463 e. The molecule has 3 aliphatic rings. The molecule has 39 heavy (non-hydrogen) atoms. The largest absolute Gasteiger partial charge is 0.463 e. The predicted octanol–water partition coefficient (Wildman–Crippen LogP) is 5.22. The first-order chi connectivity index (χ1) is 18.9. The van der Waals surface area contributed by atoms with Crippen LogP contribution in [-0.2, 0) is 16.0 Å². The number of fused-ring (bicyclic) bond motifs is 6. The number of furan rings is 1. The van der Waals surface area contributed by atoms with Gasteiger partial charge in [0.15, 0.2) is 0 Å².